The van der Waals surface area contributed by atoms with Gasteiger partial charge >= 0.3 is 0 Å². The van der Waals surface area contributed by atoms with Crippen LogP contribution in [0.15, 0.2) is 140 Å². The van der Waals surface area contributed by atoms with Gasteiger partial charge in [0.1, 0.15) is 0 Å². The second kappa shape index (κ2) is 9.17. The van der Waals surface area contributed by atoms with E-state index >= 15 is 0 Å². The molecule has 0 radical (unpaired) electrons. The van der Waals surface area contributed by atoms with E-state index < -0.39 is 0 Å². The third kappa shape index (κ3) is 3.88. The Hall–Kier alpha value is -4.95. The van der Waals surface area contributed by atoms with Crippen molar-refractivity contribution in [1.82, 2.24) is 9.55 Å². The number of fused-ring (bicyclic) bond motifs is 3. The molecule has 7 aromatic rings. The molecule has 2 heterocycles. The number of aromatic nitrogens is 2. The van der Waals surface area contributed by atoms with Crippen molar-refractivity contribution in [3.05, 3.63) is 145 Å². The fourth-order valence-electron chi connectivity index (χ4n) is 5.42. The van der Waals surface area contributed by atoms with Crippen molar-refractivity contribution in [2.45, 2.75) is 6.92 Å². The van der Waals surface area contributed by atoms with Crippen molar-refractivity contribution in [1.29, 1.82) is 0 Å². The van der Waals surface area contributed by atoms with Crippen LogP contribution in [0.2, 0.25) is 0 Å². The third-order valence-corrected chi connectivity index (χ3v) is 7.29. The van der Waals surface area contributed by atoms with E-state index in [0.29, 0.717) is 0 Å². The van der Waals surface area contributed by atoms with E-state index in [2.05, 4.69) is 138 Å². The van der Waals surface area contributed by atoms with Crippen LogP contribution in [0, 0.1) is 6.92 Å². The summed E-state index contributed by atoms with van der Waals surface area (Å²) in [6.07, 6.45) is 0. The standard InChI is InChI=1S/C36H26N2/c1-25-9-7-15-34(37-25)30-11-8-10-28(23-30)26-17-19-27(20-18-26)29-21-22-36-33(24-29)32-14-5-6-16-35(32)38(36)31-12-3-2-4-13-31/h2-24H,1H3. The first kappa shape index (κ1) is 22.3. The van der Waals surface area contributed by atoms with Gasteiger partial charge in [0.25, 0.3) is 0 Å². The molecule has 38 heavy (non-hydrogen) atoms. The molecule has 0 unspecified atom stereocenters. The molecule has 0 saturated heterocycles. The molecule has 0 atom stereocenters. The molecular formula is C36H26N2. The lowest BCUT2D eigenvalue weighted by molar-refractivity contribution is 1.18. The molecule has 0 aliphatic heterocycles. The van der Waals surface area contributed by atoms with Crippen molar-refractivity contribution >= 4 is 21.8 Å². The molecule has 2 heteroatoms. The van der Waals surface area contributed by atoms with Gasteiger partial charge in [0.05, 0.1) is 16.7 Å². The minimum atomic E-state index is 1.01. The van der Waals surface area contributed by atoms with Gasteiger partial charge in [0, 0.05) is 27.7 Å². The Kier molecular flexibility index (Phi) is 5.37. The zero-order valence-corrected chi connectivity index (χ0v) is 21.2. The predicted molar refractivity (Wildman–Crippen MR) is 160 cm³/mol. The van der Waals surface area contributed by atoms with Crippen molar-refractivity contribution < 1.29 is 0 Å². The second-order valence-electron chi connectivity index (χ2n) is 9.74. The smallest absolute Gasteiger partial charge is 0.0705 e. The summed E-state index contributed by atoms with van der Waals surface area (Å²) in [4.78, 5) is 4.70. The van der Waals surface area contributed by atoms with E-state index in [-0.39, 0.29) is 0 Å². The van der Waals surface area contributed by atoms with Crippen LogP contribution in [0.4, 0.5) is 0 Å². The number of hydrogen-bond donors (Lipinski definition) is 0. The van der Waals surface area contributed by atoms with Crippen LogP contribution in [0.5, 0.6) is 0 Å². The highest BCUT2D eigenvalue weighted by Gasteiger charge is 2.13. The molecule has 7 rings (SSSR count). The van der Waals surface area contributed by atoms with Crippen LogP contribution in [-0.2, 0) is 0 Å². The molecule has 0 N–H and O–H groups in total. The van der Waals surface area contributed by atoms with E-state index in [1.54, 1.807) is 0 Å². The number of rotatable bonds is 4. The molecule has 5 aromatic carbocycles. The zero-order chi connectivity index (χ0) is 25.5. The van der Waals surface area contributed by atoms with Crippen molar-refractivity contribution in [2.75, 3.05) is 0 Å². The Morgan fingerprint density at radius 2 is 1.08 bits per heavy atom. The van der Waals surface area contributed by atoms with Gasteiger partial charge in [-0.05, 0) is 77.7 Å². The van der Waals surface area contributed by atoms with Gasteiger partial charge in [-0.25, -0.2) is 0 Å². The lowest BCUT2D eigenvalue weighted by Gasteiger charge is -2.09. The maximum absolute atomic E-state index is 4.70. The van der Waals surface area contributed by atoms with Crippen molar-refractivity contribution in [2.24, 2.45) is 0 Å². The van der Waals surface area contributed by atoms with E-state index in [1.807, 2.05) is 13.0 Å². The highest BCUT2D eigenvalue weighted by Crippen LogP contribution is 2.35. The first-order chi connectivity index (χ1) is 18.7. The zero-order valence-electron chi connectivity index (χ0n) is 21.2. The monoisotopic (exact) mass is 486 g/mol. The Morgan fingerprint density at radius 3 is 1.87 bits per heavy atom. The summed E-state index contributed by atoms with van der Waals surface area (Å²) in [6, 6.07) is 49.8. The number of aryl methyl sites for hydroxylation is 1. The molecule has 0 aliphatic rings. The second-order valence-corrected chi connectivity index (χ2v) is 9.74. The lowest BCUT2D eigenvalue weighted by Crippen LogP contribution is -1.92. The van der Waals surface area contributed by atoms with E-state index in [9.17, 15) is 0 Å². The van der Waals surface area contributed by atoms with Gasteiger partial charge < -0.3 is 4.57 Å². The summed E-state index contributed by atoms with van der Waals surface area (Å²) in [5.41, 5.74) is 11.6. The van der Waals surface area contributed by atoms with E-state index in [0.717, 1.165) is 17.0 Å². The minimum Gasteiger partial charge on any atom is -0.309 e. The summed E-state index contributed by atoms with van der Waals surface area (Å²) in [6.45, 7) is 2.03. The average Bonchev–Trinajstić information content (AvgIpc) is 3.31. The summed E-state index contributed by atoms with van der Waals surface area (Å²) in [7, 11) is 0. The van der Waals surface area contributed by atoms with Crippen LogP contribution >= 0.6 is 0 Å². The summed E-state index contributed by atoms with van der Waals surface area (Å²) < 4.78 is 2.35. The van der Waals surface area contributed by atoms with Crippen LogP contribution in [0.25, 0.3) is 61.0 Å². The molecule has 0 bridgehead atoms. The number of benzene rings is 5. The lowest BCUT2D eigenvalue weighted by atomic mass is 9.97. The van der Waals surface area contributed by atoms with Crippen LogP contribution in [0.3, 0.4) is 0 Å². The Bertz CT molecular complexity index is 1910. The molecule has 0 fully saturated rings. The van der Waals surface area contributed by atoms with Gasteiger partial charge in [0.2, 0.25) is 0 Å². The first-order valence-electron chi connectivity index (χ1n) is 13.0. The maximum Gasteiger partial charge on any atom is 0.0705 e. The van der Waals surface area contributed by atoms with Crippen molar-refractivity contribution in [3.8, 4) is 39.2 Å². The summed E-state index contributed by atoms with van der Waals surface area (Å²) in [5, 5.41) is 2.54. The number of pyridine rings is 1. The molecule has 0 spiro atoms. The van der Waals surface area contributed by atoms with E-state index in [1.165, 1.54) is 49.7 Å². The largest absolute Gasteiger partial charge is 0.309 e. The number of hydrogen-bond acceptors (Lipinski definition) is 1. The van der Waals surface area contributed by atoms with Crippen LogP contribution < -0.4 is 0 Å². The molecule has 0 amide bonds. The van der Waals surface area contributed by atoms with Gasteiger partial charge in [-0.15, -0.1) is 0 Å². The fraction of sp³-hybridized carbons (Fsp3) is 0.0278. The number of nitrogens with zero attached hydrogens (tertiary/aromatic N) is 2. The topological polar surface area (TPSA) is 17.8 Å². The third-order valence-electron chi connectivity index (χ3n) is 7.29. The fourth-order valence-corrected chi connectivity index (χ4v) is 5.42. The maximum atomic E-state index is 4.70. The molecule has 180 valence electrons. The first-order valence-corrected chi connectivity index (χ1v) is 13.0. The SMILES string of the molecule is Cc1cccc(-c2cccc(-c3ccc(-c4ccc5c(c4)c4ccccc4n5-c4ccccc4)cc3)c2)n1. The highest BCUT2D eigenvalue weighted by molar-refractivity contribution is 6.10. The Balaban J connectivity index is 1.27. The summed E-state index contributed by atoms with van der Waals surface area (Å²) >= 11 is 0. The number of para-hydroxylation sites is 2. The highest BCUT2D eigenvalue weighted by atomic mass is 15.0. The predicted octanol–water partition coefficient (Wildman–Crippen LogP) is 9.49. The van der Waals surface area contributed by atoms with Gasteiger partial charge in [-0.3, -0.25) is 4.98 Å². The normalized spacial score (nSPS) is 11.3. The summed E-state index contributed by atoms with van der Waals surface area (Å²) in [5.74, 6) is 0. The molecule has 2 aromatic heterocycles. The molecule has 2 nitrogen and oxygen atoms in total. The van der Waals surface area contributed by atoms with E-state index in [4.69, 9.17) is 4.98 Å². The Morgan fingerprint density at radius 1 is 0.447 bits per heavy atom. The quantitative estimate of drug-likeness (QED) is 0.242. The van der Waals surface area contributed by atoms with Crippen molar-refractivity contribution in [3.63, 3.8) is 0 Å². The van der Waals surface area contributed by atoms with Gasteiger partial charge in [-0.1, -0.05) is 91.0 Å². The average molecular weight is 487 g/mol. The molecule has 0 saturated carbocycles. The minimum absolute atomic E-state index is 1.01. The van der Waals surface area contributed by atoms with Gasteiger partial charge in [0.15, 0.2) is 0 Å². The Labute approximate surface area is 222 Å². The van der Waals surface area contributed by atoms with Gasteiger partial charge in [-0.2, -0.15) is 0 Å². The van der Waals surface area contributed by atoms with Crippen LogP contribution in [0.1, 0.15) is 5.69 Å². The molecular weight excluding hydrogens is 460 g/mol. The van der Waals surface area contributed by atoms with Crippen LogP contribution in [-0.4, -0.2) is 9.55 Å². The molecule has 0 aliphatic carbocycles.